The molecule has 0 atom stereocenters. The molecule has 148 valence electrons. The van der Waals surface area contributed by atoms with Crippen molar-refractivity contribution in [3.8, 4) is 0 Å². The molecule has 0 saturated carbocycles. The first kappa shape index (κ1) is 21.1. The molecular weight excluding hydrogens is 366 g/mol. The van der Waals surface area contributed by atoms with Gasteiger partial charge in [-0.05, 0) is 25.2 Å². The van der Waals surface area contributed by atoms with E-state index < -0.39 is 10.0 Å². The first-order valence-electron chi connectivity index (χ1n) is 9.04. The van der Waals surface area contributed by atoms with Crippen LogP contribution in [0.4, 0.5) is 5.69 Å². The highest BCUT2D eigenvalue weighted by molar-refractivity contribution is 7.89. The molecule has 2 rings (SSSR count). The maximum Gasteiger partial charge on any atom is 0.240 e. The summed E-state index contributed by atoms with van der Waals surface area (Å²) in [6.07, 6.45) is 3.40. The van der Waals surface area contributed by atoms with Gasteiger partial charge < -0.3 is 10.2 Å². The second kappa shape index (κ2) is 10.2. The smallest absolute Gasteiger partial charge is 0.240 e. The van der Waals surface area contributed by atoms with Gasteiger partial charge in [-0.15, -0.1) is 0 Å². The van der Waals surface area contributed by atoms with Gasteiger partial charge in [0.25, 0.3) is 0 Å². The van der Waals surface area contributed by atoms with Gasteiger partial charge in [0, 0.05) is 25.7 Å². The number of carbonyl (C=O) groups is 1. The first-order chi connectivity index (χ1) is 12.9. The van der Waals surface area contributed by atoms with E-state index >= 15 is 0 Å². The number of likely N-dealkylation sites (N-methyl/N-ethyl adjacent to an activating group) is 1. The van der Waals surface area contributed by atoms with Crippen LogP contribution < -0.4 is 10.0 Å². The fraction of sp³-hybridized carbons (Fsp3) is 0.444. The van der Waals surface area contributed by atoms with Gasteiger partial charge in [0.2, 0.25) is 15.9 Å². The largest absolute Gasteiger partial charge is 0.323 e. The number of nitrogens with one attached hydrogen (secondary N) is 2. The van der Waals surface area contributed by atoms with Crippen LogP contribution >= 0.6 is 0 Å². The molecule has 1 amide bonds. The van der Waals surface area contributed by atoms with Gasteiger partial charge in [-0.3, -0.25) is 9.48 Å². The van der Waals surface area contributed by atoms with Crippen molar-refractivity contribution in [2.45, 2.75) is 31.7 Å². The van der Waals surface area contributed by atoms with Crippen molar-refractivity contribution in [2.75, 3.05) is 31.5 Å². The molecule has 0 aliphatic carbocycles. The highest BCUT2D eigenvalue weighted by Gasteiger charge is 2.13. The normalized spacial score (nSPS) is 11.7. The van der Waals surface area contributed by atoms with Crippen LogP contribution in [0.25, 0.3) is 0 Å². The van der Waals surface area contributed by atoms with E-state index in [9.17, 15) is 13.2 Å². The molecule has 0 spiro atoms. The van der Waals surface area contributed by atoms with E-state index in [2.05, 4.69) is 33.9 Å². The molecule has 0 aliphatic heterocycles. The minimum absolute atomic E-state index is 0.0269. The van der Waals surface area contributed by atoms with Gasteiger partial charge in [0.1, 0.15) is 0 Å². The van der Waals surface area contributed by atoms with Crippen molar-refractivity contribution < 1.29 is 13.2 Å². The number of aromatic nitrogens is 2. The SMILES string of the molecule is CCN(CC)CCn1cc(NC(=O)CCNS(=O)(=O)c2ccccc2)cn1. The Morgan fingerprint density at radius 3 is 2.56 bits per heavy atom. The molecule has 2 aromatic rings. The lowest BCUT2D eigenvalue weighted by atomic mass is 10.4. The second-order valence-corrected chi connectivity index (χ2v) is 7.79. The van der Waals surface area contributed by atoms with Gasteiger partial charge in [-0.1, -0.05) is 32.0 Å². The first-order valence-corrected chi connectivity index (χ1v) is 10.5. The van der Waals surface area contributed by atoms with Crippen LogP contribution in [0.5, 0.6) is 0 Å². The van der Waals surface area contributed by atoms with Gasteiger partial charge >= 0.3 is 0 Å². The number of rotatable bonds is 11. The lowest BCUT2D eigenvalue weighted by molar-refractivity contribution is -0.116. The average molecular weight is 394 g/mol. The third-order valence-corrected chi connectivity index (χ3v) is 5.63. The standard InChI is InChI=1S/C18H27N5O3S/c1-3-22(4-2)12-13-23-15-16(14-19-23)21-18(24)10-11-20-27(25,26)17-8-6-5-7-9-17/h5-9,14-15,20H,3-4,10-13H2,1-2H3,(H,21,24). The Morgan fingerprint density at radius 1 is 1.19 bits per heavy atom. The monoisotopic (exact) mass is 393 g/mol. The number of carbonyl (C=O) groups excluding carboxylic acids is 1. The predicted molar refractivity (Wildman–Crippen MR) is 105 cm³/mol. The summed E-state index contributed by atoms with van der Waals surface area (Å²) in [7, 11) is -3.60. The van der Waals surface area contributed by atoms with E-state index in [4.69, 9.17) is 0 Å². The summed E-state index contributed by atoms with van der Waals surface area (Å²) in [6, 6.07) is 8.07. The molecule has 0 aliphatic rings. The summed E-state index contributed by atoms with van der Waals surface area (Å²) in [5.74, 6) is -0.269. The van der Waals surface area contributed by atoms with E-state index in [-0.39, 0.29) is 23.8 Å². The maximum absolute atomic E-state index is 12.1. The van der Waals surface area contributed by atoms with E-state index in [1.54, 1.807) is 35.3 Å². The Balaban J connectivity index is 1.76. The Hall–Kier alpha value is -2.23. The third-order valence-electron chi connectivity index (χ3n) is 4.15. The average Bonchev–Trinajstić information content (AvgIpc) is 3.10. The van der Waals surface area contributed by atoms with Crippen molar-refractivity contribution in [3.63, 3.8) is 0 Å². The summed E-state index contributed by atoms with van der Waals surface area (Å²) < 4.78 is 28.4. The van der Waals surface area contributed by atoms with Crippen molar-refractivity contribution in [2.24, 2.45) is 0 Å². The van der Waals surface area contributed by atoms with Crippen LogP contribution in [-0.2, 0) is 21.4 Å². The minimum Gasteiger partial charge on any atom is -0.323 e. The van der Waals surface area contributed by atoms with E-state index in [1.807, 2.05) is 0 Å². The number of sulfonamides is 1. The summed E-state index contributed by atoms with van der Waals surface area (Å²) in [5, 5.41) is 6.97. The molecule has 9 heteroatoms. The lowest BCUT2D eigenvalue weighted by Crippen LogP contribution is -2.27. The molecule has 2 N–H and O–H groups in total. The van der Waals surface area contributed by atoms with Crippen molar-refractivity contribution >= 4 is 21.6 Å². The van der Waals surface area contributed by atoms with Crippen molar-refractivity contribution in [1.29, 1.82) is 0 Å². The van der Waals surface area contributed by atoms with E-state index in [0.717, 1.165) is 26.2 Å². The Bertz CT molecular complexity index is 817. The summed E-state index contributed by atoms with van der Waals surface area (Å²) in [6.45, 7) is 7.87. The van der Waals surface area contributed by atoms with Gasteiger partial charge in [0.05, 0.1) is 23.3 Å². The molecular formula is C18H27N5O3S. The van der Waals surface area contributed by atoms with Gasteiger partial charge in [-0.2, -0.15) is 5.10 Å². The molecule has 0 saturated heterocycles. The van der Waals surface area contributed by atoms with Crippen LogP contribution in [0.15, 0.2) is 47.6 Å². The Kier molecular flexibility index (Phi) is 7.96. The van der Waals surface area contributed by atoms with Crippen LogP contribution in [0.1, 0.15) is 20.3 Å². The number of anilines is 1. The minimum atomic E-state index is -3.60. The highest BCUT2D eigenvalue weighted by atomic mass is 32.2. The fourth-order valence-electron chi connectivity index (χ4n) is 2.54. The maximum atomic E-state index is 12.1. The number of nitrogens with zero attached hydrogens (tertiary/aromatic N) is 3. The number of hydrogen-bond donors (Lipinski definition) is 2. The van der Waals surface area contributed by atoms with Crippen LogP contribution in [0, 0.1) is 0 Å². The van der Waals surface area contributed by atoms with E-state index in [0.29, 0.717) is 5.69 Å². The van der Waals surface area contributed by atoms with Crippen molar-refractivity contribution in [3.05, 3.63) is 42.7 Å². The molecule has 1 aromatic carbocycles. The third kappa shape index (κ3) is 6.78. The Labute approximate surface area is 160 Å². The van der Waals surface area contributed by atoms with Crippen LogP contribution in [0.2, 0.25) is 0 Å². The number of benzene rings is 1. The molecule has 0 unspecified atom stereocenters. The Morgan fingerprint density at radius 2 is 1.89 bits per heavy atom. The molecule has 0 bridgehead atoms. The zero-order chi connectivity index (χ0) is 19.7. The summed E-state index contributed by atoms with van der Waals surface area (Å²) >= 11 is 0. The van der Waals surface area contributed by atoms with E-state index in [1.165, 1.54) is 12.1 Å². The fourth-order valence-corrected chi connectivity index (χ4v) is 3.59. The molecule has 8 nitrogen and oxygen atoms in total. The van der Waals surface area contributed by atoms with Crippen LogP contribution in [0.3, 0.4) is 0 Å². The quantitative estimate of drug-likeness (QED) is 0.604. The van der Waals surface area contributed by atoms with Gasteiger partial charge in [-0.25, -0.2) is 13.1 Å². The second-order valence-electron chi connectivity index (χ2n) is 6.03. The molecule has 1 aromatic heterocycles. The van der Waals surface area contributed by atoms with Crippen molar-refractivity contribution in [1.82, 2.24) is 19.4 Å². The number of amides is 1. The highest BCUT2D eigenvalue weighted by Crippen LogP contribution is 2.08. The summed E-state index contributed by atoms with van der Waals surface area (Å²) in [5.41, 5.74) is 0.602. The lowest BCUT2D eigenvalue weighted by Gasteiger charge is -2.17. The zero-order valence-corrected chi connectivity index (χ0v) is 16.6. The summed E-state index contributed by atoms with van der Waals surface area (Å²) in [4.78, 5) is 14.5. The zero-order valence-electron chi connectivity index (χ0n) is 15.8. The number of hydrogen-bond acceptors (Lipinski definition) is 5. The predicted octanol–water partition coefficient (Wildman–Crippen LogP) is 1.53. The molecule has 0 fully saturated rings. The topological polar surface area (TPSA) is 96.3 Å². The molecule has 0 radical (unpaired) electrons. The molecule has 1 heterocycles. The van der Waals surface area contributed by atoms with Crippen LogP contribution in [-0.4, -0.2) is 55.2 Å². The van der Waals surface area contributed by atoms with Gasteiger partial charge in [0.15, 0.2) is 0 Å². The molecule has 27 heavy (non-hydrogen) atoms.